The molecule has 2 aromatic heterocycles. The van der Waals surface area contributed by atoms with Crippen molar-refractivity contribution < 1.29 is 9.53 Å². The van der Waals surface area contributed by atoms with Gasteiger partial charge in [-0.2, -0.15) is 10.4 Å². The van der Waals surface area contributed by atoms with E-state index in [9.17, 15) is 4.79 Å². The molecule has 7 heteroatoms. The van der Waals surface area contributed by atoms with Gasteiger partial charge in [0.25, 0.3) is 5.91 Å². The number of amides is 1. The fourth-order valence-corrected chi connectivity index (χ4v) is 4.79. The molecule has 31 heavy (non-hydrogen) atoms. The van der Waals surface area contributed by atoms with Crippen LogP contribution in [0.2, 0.25) is 0 Å². The predicted molar refractivity (Wildman–Crippen MR) is 121 cm³/mol. The minimum atomic E-state index is -0.145. The Morgan fingerprint density at radius 1 is 1.35 bits per heavy atom. The molecule has 0 aliphatic carbocycles. The van der Waals surface area contributed by atoms with Crippen LogP contribution in [0.15, 0.2) is 60.0 Å². The van der Waals surface area contributed by atoms with E-state index in [1.165, 1.54) is 0 Å². The van der Waals surface area contributed by atoms with Gasteiger partial charge in [-0.05, 0) is 46.3 Å². The second kappa shape index (κ2) is 7.42. The molecule has 0 bridgehead atoms. The number of ether oxygens (including phenoxy) is 1. The molecule has 0 radical (unpaired) electrons. The first-order valence-electron chi connectivity index (χ1n) is 9.70. The summed E-state index contributed by atoms with van der Waals surface area (Å²) in [6.07, 6.45) is 0. The van der Waals surface area contributed by atoms with Crippen molar-refractivity contribution in [3.8, 4) is 33.5 Å². The molecule has 0 fully saturated rings. The summed E-state index contributed by atoms with van der Waals surface area (Å²) in [6, 6.07) is 16.0. The van der Waals surface area contributed by atoms with Crippen LogP contribution in [0.1, 0.15) is 15.9 Å². The normalized spacial score (nSPS) is 12.8. The van der Waals surface area contributed by atoms with Crippen molar-refractivity contribution in [1.82, 2.24) is 15.1 Å². The first-order chi connectivity index (χ1) is 15.1. The van der Waals surface area contributed by atoms with Gasteiger partial charge in [-0.15, -0.1) is 11.3 Å². The van der Waals surface area contributed by atoms with Gasteiger partial charge in [0.15, 0.2) is 0 Å². The molecule has 0 spiro atoms. The van der Waals surface area contributed by atoms with Crippen LogP contribution >= 0.6 is 11.3 Å². The second-order valence-corrected chi connectivity index (χ2v) is 8.30. The molecule has 5 rings (SSSR count). The van der Waals surface area contributed by atoms with Crippen LogP contribution in [-0.2, 0) is 6.54 Å². The Kier molecular flexibility index (Phi) is 4.57. The van der Waals surface area contributed by atoms with Gasteiger partial charge in [-0.3, -0.25) is 9.89 Å². The first-order valence-corrected chi connectivity index (χ1v) is 10.6. The number of nitrogens with zero attached hydrogens (tertiary/aromatic N) is 3. The lowest BCUT2D eigenvalue weighted by atomic mass is 9.95. The van der Waals surface area contributed by atoms with E-state index in [1.54, 1.807) is 23.3 Å². The zero-order chi connectivity index (χ0) is 21.5. The molecule has 1 amide bonds. The summed E-state index contributed by atoms with van der Waals surface area (Å²) in [4.78, 5) is 15.8. The van der Waals surface area contributed by atoms with Crippen LogP contribution in [0.4, 0.5) is 0 Å². The van der Waals surface area contributed by atoms with Crippen molar-refractivity contribution in [2.24, 2.45) is 0 Å². The molecule has 3 heterocycles. The Bertz CT molecular complexity index is 1380. The number of methoxy groups -OCH3 is 1. The van der Waals surface area contributed by atoms with E-state index in [-0.39, 0.29) is 12.5 Å². The van der Waals surface area contributed by atoms with Gasteiger partial charge < -0.3 is 9.64 Å². The highest BCUT2D eigenvalue weighted by Crippen LogP contribution is 2.40. The lowest BCUT2D eigenvalue weighted by Crippen LogP contribution is -2.25. The minimum absolute atomic E-state index is 0.145. The Hall–Kier alpha value is -3.89. The fourth-order valence-electron chi connectivity index (χ4n) is 4.06. The number of nitrogens with one attached hydrogen (secondary N) is 1. The summed E-state index contributed by atoms with van der Waals surface area (Å²) in [5, 5.41) is 19.8. The Morgan fingerprint density at radius 3 is 2.97 bits per heavy atom. The molecule has 152 valence electrons. The number of hydrogen-bond donors (Lipinski definition) is 1. The average molecular weight is 427 g/mol. The van der Waals surface area contributed by atoms with Crippen LogP contribution < -0.4 is 4.74 Å². The number of fused-ring (bicyclic) bond motifs is 2. The van der Waals surface area contributed by atoms with Gasteiger partial charge in [0.1, 0.15) is 11.4 Å². The van der Waals surface area contributed by atoms with Gasteiger partial charge in [0, 0.05) is 17.5 Å². The zero-order valence-electron chi connectivity index (χ0n) is 16.8. The summed E-state index contributed by atoms with van der Waals surface area (Å²) in [6.45, 7) is 4.33. The number of carbonyl (C=O) groups excluding carboxylic acids is 1. The van der Waals surface area contributed by atoms with Gasteiger partial charge in [-0.1, -0.05) is 24.8 Å². The van der Waals surface area contributed by atoms with E-state index in [4.69, 9.17) is 10.00 Å². The van der Waals surface area contributed by atoms with Crippen molar-refractivity contribution in [2.45, 2.75) is 6.54 Å². The molecule has 0 saturated heterocycles. The maximum Gasteiger partial charge on any atom is 0.258 e. The number of nitriles is 1. The van der Waals surface area contributed by atoms with E-state index in [0.29, 0.717) is 23.4 Å². The number of aromatic amines is 1. The maximum absolute atomic E-state index is 13.1. The average Bonchev–Trinajstić information content (AvgIpc) is 3.52. The van der Waals surface area contributed by atoms with Crippen molar-refractivity contribution in [3.05, 3.63) is 71.1 Å². The van der Waals surface area contributed by atoms with Gasteiger partial charge in [0.2, 0.25) is 0 Å². The zero-order valence-corrected chi connectivity index (χ0v) is 17.6. The summed E-state index contributed by atoms with van der Waals surface area (Å²) in [5.41, 5.74) is 5.64. The van der Waals surface area contributed by atoms with Crippen LogP contribution in [0.5, 0.6) is 5.75 Å². The number of aromatic nitrogens is 2. The van der Waals surface area contributed by atoms with Crippen molar-refractivity contribution in [1.29, 1.82) is 5.26 Å². The quantitative estimate of drug-likeness (QED) is 0.455. The highest BCUT2D eigenvalue weighted by Gasteiger charge is 2.33. The van der Waals surface area contributed by atoms with Crippen LogP contribution in [-0.4, -0.2) is 34.7 Å². The van der Waals surface area contributed by atoms with E-state index in [0.717, 1.165) is 38.2 Å². The summed E-state index contributed by atoms with van der Waals surface area (Å²) >= 11 is 1.65. The summed E-state index contributed by atoms with van der Waals surface area (Å²) < 4.78 is 5.48. The van der Waals surface area contributed by atoms with Crippen molar-refractivity contribution in [3.63, 3.8) is 0 Å². The lowest BCUT2D eigenvalue weighted by molar-refractivity contribution is 0.0791. The third kappa shape index (κ3) is 3.09. The number of H-pyrrole nitrogens is 1. The molecule has 1 aliphatic heterocycles. The molecule has 0 saturated carbocycles. The number of thiophene rings is 1. The number of carbonyl (C=O) groups is 1. The summed E-state index contributed by atoms with van der Waals surface area (Å²) in [5.74, 6) is 0.395. The van der Waals surface area contributed by atoms with Crippen LogP contribution in [0, 0.1) is 11.3 Å². The topological polar surface area (TPSA) is 82.0 Å². The Labute approximate surface area is 183 Å². The highest BCUT2D eigenvalue weighted by atomic mass is 32.1. The number of rotatable bonds is 5. The molecular formula is C24H18N4O2S. The van der Waals surface area contributed by atoms with Crippen LogP contribution in [0.25, 0.3) is 32.6 Å². The number of benzene rings is 2. The van der Waals surface area contributed by atoms with Gasteiger partial charge in [-0.25, -0.2) is 0 Å². The lowest BCUT2D eigenvalue weighted by Gasteiger charge is -2.14. The SMILES string of the molecule is C=C(C#N)CN1Cc2c(-c3ccc4[nH]nc(-c5cccs5)c4c3)ccc(OC)c2C1=O. The van der Waals surface area contributed by atoms with E-state index in [1.807, 2.05) is 41.8 Å². The predicted octanol–water partition coefficient (Wildman–Crippen LogP) is 5.00. The molecule has 0 atom stereocenters. The molecule has 1 aliphatic rings. The van der Waals surface area contributed by atoms with E-state index >= 15 is 0 Å². The third-order valence-corrected chi connectivity index (χ3v) is 6.39. The molecule has 0 unspecified atom stereocenters. The largest absolute Gasteiger partial charge is 0.496 e. The molecule has 1 N–H and O–H groups in total. The number of hydrogen-bond acceptors (Lipinski definition) is 5. The maximum atomic E-state index is 13.1. The molecule has 6 nitrogen and oxygen atoms in total. The highest BCUT2D eigenvalue weighted by molar-refractivity contribution is 7.13. The van der Waals surface area contributed by atoms with Gasteiger partial charge >= 0.3 is 0 Å². The third-order valence-electron chi connectivity index (χ3n) is 5.51. The fraction of sp³-hybridized carbons (Fsp3) is 0.125. The molecule has 2 aromatic carbocycles. The van der Waals surface area contributed by atoms with E-state index < -0.39 is 0 Å². The van der Waals surface area contributed by atoms with Crippen molar-refractivity contribution >= 4 is 28.1 Å². The molecular weight excluding hydrogens is 408 g/mol. The van der Waals surface area contributed by atoms with Gasteiger partial charge in [0.05, 0.1) is 35.7 Å². The van der Waals surface area contributed by atoms with E-state index in [2.05, 4.69) is 28.9 Å². The Balaban J connectivity index is 1.64. The minimum Gasteiger partial charge on any atom is -0.496 e. The Morgan fingerprint density at radius 2 is 2.23 bits per heavy atom. The standard InChI is InChI=1S/C24H18N4O2S/c1-14(11-25)12-28-13-18-16(6-8-20(30-2)22(18)24(28)29)15-5-7-19-17(10-15)23(27-26-19)21-4-3-9-31-21/h3-10H,1,12-13H2,2H3,(H,26,27). The monoisotopic (exact) mass is 426 g/mol. The smallest absolute Gasteiger partial charge is 0.258 e. The summed E-state index contributed by atoms with van der Waals surface area (Å²) in [7, 11) is 1.56. The van der Waals surface area contributed by atoms with Crippen LogP contribution in [0.3, 0.4) is 0 Å². The second-order valence-electron chi connectivity index (χ2n) is 7.36. The first kappa shape index (κ1) is 19.1. The molecule has 4 aromatic rings. The van der Waals surface area contributed by atoms with Crippen molar-refractivity contribution in [2.75, 3.05) is 13.7 Å².